The summed E-state index contributed by atoms with van der Waals surface area (Å²) < 4.78 is 0. The van der Waals surface area contributed by atoms with Crippen molar-refractivity contribution in [1.82, 2.24) is 5.32 Å². The topological polar surface area (TPSA) is 12.0 Å². The fourth-order valence-electron chi connectivity index (χ4n) is 1.53. The smallest absolute Gasteiger partial charge is 0.0200 e. The Hall–Kier alpha value is -0.730. The molecule has 0 aromatic heterocycles. The maximum Gasteiger partial charge on any atom is 0.0200 e. The van der Waals surface area contributed by atoms with Crippen molar-refractivity contribution in [3.05, 3.63) is 42.0 Å². The van der Waals surface area contributed by atoms with Gasteiger partial charge in [-0.25, -0.2) is 0 Å². The van der Waals surface area contributed by atoms with Gasteiger partial charge in [0.15, 0.2) is 0 Å². The molecule has 0 aliphatic heterocycles. The minimum Gasteiger partial charge on any atom is -0.311 e. The minimum absolute atomic E-state index is 0.525. The Morgan fingerprint density at radius 1 is 1.17 bits per heavy atom. The van der Waals surface area contributed by atoms with Gasteiger partial charge in [-0.2, -0.15) is 0 Å². The molecule has 0 spiro atoms. The van der Waals surface area contributed by atoms with Crippen LogP contribution in [0.15, 0.2) is 41.3 Å². The van der Waals surface area contributed by atoms with Gasteiger partial charge in [-0.1, -0.05) is 52.0 Å². The monoisotopic (exact) mass is 263 g/mol. The second-order valence-electron chi connectivity index (χ2n) is 5.30. The second-order valence-corrected chi connectivity index (χ2v) is 6.35. The molecule has 0 fully saturated rings. The Morgan fingerprint density at radius 2 is 1.78 bits per heavy atom. The van der Waals surface area contributed by atoms with Gasteiger partial charge in [0.05, 0.1) is 0 Å². The van der Waals surface area contributed by atoms with Crippen molar-refractivity contribution < 1.29 is 0 Å². The molecule has 1 rings (SSSR count). The molecule has 0 atom stereocenters. The van der Waals surface area contributed by atoms with Crippen LogP contribution in [0.25, 0.3) is 0 Å². The van der Waals surface area contributed by atoms with Gasteiger partial charge in [0.2, 0.25) is 0 Å². The first-order valence-electron chi connectivity index (χ1n) is 6.62. The molecule has 0 amide bonds. The molecular weight excluding hydrogens is 238 g/mol. The van der Waals surface area contributed by atoms with Gasteiger partial charge >= 0.3 is 0 Å². The van der Waals surface area contributed by atoms with Crippen molar-refractivity contribution in [2.24, 2.45) is 0 Å². The molecule has 1 aromatic carbocycles. The average molecular weight is 263 g/mol. The van der Waals surface area contributed by atoms with Crippen LogP contribution in [0.2, 0.25) is 0 Å². The molecule has 0 bridgehead atoms. The van der Waals surface area contributed by atoms with Gasteiger partial charge in [0, 0.05) is 23.2 Å². The van der Waals surface area contributed by atoms with Crippen LogP contribution in [-0.2, 0) is 0 Å². The molecule has 0 heterocycles. The lowest BCUT2D eigenvalue weighted by atomic mass is 10.0. The van der Waals surface area contributed by atoms with Crippen LogP contribution < -0.4 is 5.32 Å². The van der Waals surface area contributed by atoms with Gasteiger partial charge in [-0.15, -0.1) is 11.8 Å². The molecule has 0 aliphatic carbocycles. The van der Waals surface area contributed by atoms with Gasteiger partial charge < -0.3 is 5.32 Å². The summed E-state index contributed by atoms with van der Waals surface area (Å²) in [4.78, 5) is 1.32. The van der Waals surface area contributed by atoms with E-state index in [0.717, 1.165) is 12.3 Å². The summed E-state index contributed by atoms with van der Waals surface area (Å²) in [6, 6.07) is 9.40. The van der Waals surface area contributed by atoms with Crippen LogP contribution in [0.3, 0.4) is 0 Å². The van der Waals surface area contributed by atoms with Crippen LogP contribution in [0.1, 0.15) is 39.2 Å². The van der Waals surface area contributed by atoms with Crippen molar-refractivity contribution >= 4 is 11.8 Å². The molecule has 0 unspecified atom stereocenters. The second kappa shape index (κ2) is 7.65. The van der Waals surface area contributed by atoms with Crippen LogP contribution in [0.4, 0.5) is 0 Å². The number of rotatable bonds is 7. The van der Waals surface area contributed by atoms with E-state index in [1.807, 2.05) is 11.8 Å². The molecule has 1 aromatic rings. The highest BCUT2D eigenvalue weighted by Gasteiger charge is 2.01. The highest BCUT2D eigenvalue weighted by Crippen LogP contribution is 2.22. The molecule has 0 radical (unpaired) electrons. The normalized spacial score (nSPS) is 11.2. The SMILES string of the molecule is C=C(CNC(C)C)CSc1ccc(C(C)C)cc1. The molecular formula is C16H25NS. The van der Waals surface area contributed by atoms with Crippen LogP contribution in [-0.4, -0.2) is 18.3 Å². The molecule has 2 heteroatoms. The van der Waals surface area contributed by atoms with Crippen LogP contribution in [0, 0.1) is 0 Å². The zero-order valence-corrected chi connectivity index (χ0v) is 12.8. The Bertz CT molecular complexity index is 365. The largest absolute Gasteiger partial charge is 0.311 e. The molecule has 100 valence electrons. The standard InChI is InChI=1S/C16H25NS/c1-12(2)15-6-8-16(9-7-15)18-11-14(5)10-17-13(3)4/h6-9,12-13,17H,5,10-11H2,1-4H3. The first-order chi connectivity index (χ1) is 8.49. The van der Waals surface area contributed by atoms with Gasteiger partial charge in [-0.3, -0.25) is 0 Å². The molecule has 18 heavy (non-hydrogen) atoms. The molecule has 0 aliphatic rings. The molecule has 1 nitrogen and oxygen atoms in total. The summed E-state index contributed by atoms with van der Waals surface area (Å²) in [7, 11) is 0. The lowest BCUT2D eigenvalue weighted by molar-refractivity contribution is 0.623. The lowest BCUT2D eigenvalue weighted by Gasteiger charge is -2.11. The van der Waals surface area contributed by atoms with Crippen molar-refractivity contribution in [3.8, 4) is 0 Å². The minimum atomic E-state index is 0.525. The third kappa shape index (κ3) is 5.74. The summed E-state index contributed by atoms with van der Waals surface area (Å²) in [5.74, 6) is 1.59. The highest BCUT2D eigenvalue weighted by molar-refractivity contribution is 7.99. The van der Waals surface area contributed by atoms with E-state index in [9.17, 15) is 0 Å². The summed E-state index contributed by atoms with van der Waals surface area (Å²) in [5, 5.41) is 3.39. The first-order valence-corrected chi connectivity index (χ1v) is 7.60. The highest BCUT2D eigenvalue weighted by atomic mass is 32.2. The molecule has 1 N–H and O–H groups in total. The number of hydrogen-bond acceptors (Lipinski definition) is 2. The van der Waals surface area contributed by atoms with E-state index in [1.54, 1.807) is 0 Å². The van der Waals surface area contributed by atoms with E-state index < -0.39 is 0 Å². The summed E-state index contributed by atoms with van der Waals surface area (Å²) in [5.41, 5.74) is 2.65. The fraction of sp³-hybridized carbons (Fsp3) is 0.500. The van der Waals surface area contributed by atoms with Crippen LogP contribution in [0.5, 0.6) is 0 Å². The third-order valence-electron chi connectivity index (χ3n) is 2.75. The Kier molecular flexibility index (Phi) is 6.51. The lowest BCUT2D eigenvalue weighted by Crippen LogP contribution is -2.25. The summed E-state index contributed by atoms with van der Waals surface area (Å²) >= 11 is 1.86. The van der Waals surface area contributed by atoms with E-state index >= 15 is 0 Å². The average Bonchev–Trinajstić information content (AvgIpc) is 2.34. The van der Waals surface area contributed by atoms with Gasteiger partial charge in [0.1, 0.15) is 0 Å². The van der Waals surface area contributed by atoms with Gasteiger partial charge in [-0.05, 0) is 23.6 Å². The van der Waals surface area contributed by atoms with E-state index in [1.165, 1.54) is 16.0 Å². The van der Waals surface area contributed by atoms with E-state index in [4.69, 9.17) is 0 Å². The number of benzene rings is 1. The zero-order valence-electron chi connectivity index (χ0n) is 12.0. The Balaban J connectivity index is 2.37. The summed E-state index contributed by atoms with van der Waals surface area (Å²) in [6.07, 6.45) is 0. The third-order valence-corrected chi connectivity index (χ3v) is 3.91. The predicted molar refractivity (Wildman–Crippen MR) is 83.5 cm³/mol. The Morgan fingerprint density at radius 3 is 2.28 bits per heavy atom. The fourth-order valence-corrected chi connectivity index (χ4v) is 2.34. The zero-order chi connectivity index (χ0) is 13.5. The van der Waals surface area contributed by atoms with E-state index in [0.29, 0.717) is 12.0 Å². The van der Waals surface area contributed by atoms with Crippen molar-refractivity contribution in [2.75, 3.05) is 12.3 Å². The number of thioether (sulfide) groups is 1. The Labute approximate surface area is 116 Å². The maximum atomic E-state index is 4.10. The maximum absolute atomic E-state index is 4.10. The van der Waals surface area contributed by atoms with Crippen molar-refractivity contribution in [1.29, 1.82) is 0 Å². The quantitative estimate of drug-likeness (QED) is 0.576. The van der Waals surface area contributed by atoms with Gasteiger partial charge in [0.25, 0.3) is 0 Å². The van der Waals surface area contributed by atoms with Crippen molar-refractivity contribution in [2.45, 2.75) is 44.6 Å². The van der Waals surface area contributed by atoms with E-state index in [-0.39, 0.29) is 0 Å². The molecule has 0 saturated heterocycles. The first kappa shape index (κ1) is 15.3. The number of hydrogen-bond donors (Lipinski definition) is 1. The van der Waals surface area contributed by atoms with Crippen molar-refractivity contribution in [3.63, 3.8) is 0 Å². The number of nitrogens with one attached hydrogen (secondary N) is 1. The predicted octanol–water partition coefficient (Wildman–Crippen LogP) is 4.46. The van der Waals surface area contributed by atoms with E-state index in [2.05, 4.69) is 63.9 Å². The molecule has 0 saturated carbocycles. The van der Waals surface area contributed by atoms with Crippen LogP contribution >= 0.6 is 11.8 Å². The summed E-state index contributed by atoms with van der Waals surface area (Å²) in [6.45, 7) is 13.8.